The van der Waals surface area contributed by atoms with Crippen molar-refractivity contribution in [3.63, 3.8) is 0 Å². The van der Waals surface area contributed by atoms with Gasteiger partial charge in [-0.1, -0.05) is 29.8 Å². The number of nitrogens with zero attached hydrogens (tertiary/aromatic N) is 3. The Labute approximate surface area is 229 Å². The van der Waals surface area contributed by atoms with Crippen LogP contribution < -0.4 is 10.7 Å². The van der Waals surface area contributed by atoms with Crippen LogP contribution in [0.4, 0.5) is 5.69 Å². The Bertz CT molecular complexity index is 1490. The predicted octanol–water partition coefficient (Wildman–Crippen LogP) is 4.20. The van der Waals surface area contributed by atoms with Crippen LogP contribution in [0, 0.1) is 26.7 Å². The first-order chi connectivity index (χ1) is 18.6. The summed E-state index contributed by atoms with van der Waals surface area (Å²) in [5, 5.41) is 7.10. The fraction of sp³-hybridized carbons (Fsp3) is 0.310. The predicted molar refractivity (Wildman–Crippen MR) is 151 cm³/mol. The molecule has 3 aromatic rings. The fourth-order valence-electron chi connectivity index (χ4n) is 4.88. The maximum Gasteiger partial charge on any atom is 0.255 e. The molecule has 2 amide bonds. The molecule has 1 aliphatic heterocycles. The lowest BCUT2D eigenvalue weighted by atomic mass is 9.98. The molecule has 0 bridgehead atoms. The van der Waals surface area contributed by atoms with Crippen molar-refractivity contribution in [1.82, 2.24) is 14.7 Å². The summed E-state index contributed by atoms with van der Waals surface area (Å²) in [6, 6.07) is 14.2. The smallest absolute Gasteiger partial charge is 0.255 e. The molecule has 0 radical (unpaired) electrons. The van der Waals surface area contributed by atoms with Crippen LogP contribution in [0.15, 0.2) is 70.9 Å². The zero-order valence-electron chi connectivity index (χ0n) is 22.6. The van der Waals surface area contributed by atoms with Crippen LogP contribution in [0.2, 0.25) is 0 Å². The second-order valence-corrected chi connectivity index (χ2v) is 11.7. The lowest BCUT2D eigenvalue weighted by Gasteiger charge is -2.31. The highest BCUT2D eigenvalue weighted by Crippen LogP contribution is 2.29. The number of pyridine rings is 1. The van der Waals surface area contributed by atoms with Gasteiger partial charge >= 0.3 is 0 Å². The summed E-state index contributed by atoms with van der Waals surface area (Å²) < 4.78 is 28.2. The number of amides is 2. The average Bonchev–Trinajstić information content (AvgIpc) is 2.91. The molecule has 1 fully saturated rings. The van der Waals surface area contributed by atoms with Crippen molar-refractivity contribution in [3.05, 3.63) is 88.7 Å². The monoisotopic (exact) mass is 547 g/mol. The molecule has 0 atom stereocenters. The number of carbonyl (C=O) groups excluding carboxylic acids is 2. The number of anilines is 1. The van der Waals surface area contributed by atoms with Gasteiger partial charge in [0, 0.05) is 42.7 Å². The van der Waals surface area contributed by atoms with Gasteiger partial charge in [0.2, 0.25) is 15.9 Å². The number of rotatable bonds is 7. The summed E-state index contributed by atoms with van der Waals surface area (Å²) in [6.45, 7) is 7.90. The first-order valence-electron chi connectivity index (χ1n) is 12.8. The van der Waals surface area contributed by atoms with Crippen molar-refractivity contribution in [1.29, 1.82) is 0 Å². The van der Waals surface area contributed by atoms with E-state index >= 15 is 0 Å². The minimum absolute atomic E-state index is 0.240. The van der Waals surface area contributed by atoms with Gasteiger partial charge < -0.3 is 5.32 Å². The molecule has 2 heterocycles. The fourth-order valence-corrected chi connectivity index (χ4v) is 6.77. The number of hydrogen-bond donors (Lipinski definition) is 2. The number of hydrogen-bond acceptors (Lipinski definition) is 6. The van der Waals surface area contributed by atoms with Crippen molar-refractivity contribution >= 4 is 33.2 Å². The Morgan fingerprint density at radius 2 is 1.59 bits per heavy atom. The molecule has 0 unspecified atom stereocenters. The van der Waals surface area contributed by atoms with Gasteiger partial charge in [0.25, 0.3) is 5.91 Å². The van der Waals surface area contributed by atoms with Gasteiger partial charge in [0.15, 0.2) is 0 Å². The molecule has 0 spiro atoms. The average molecular weight is 548 g/mol. The number of hydrazone groups is 1. The third-order valence-corrected chi connectivity index (χ3v) is 9.05. The quantitative estimate of drug-likeness (QED) is 0.339. The normalized spacial score (nSPS) is 15.1. The highest BCUT2D eigenvalue weighted by molar-refractivity contribution is 7.89. The van der Waals surface area contributed by atoms with Crippen LogP contribution in [-0.4, -0.2) is 48.3 Å². The Morgan fingerprint density at radius 3 is 2.23 bits per heavy atom. The lowest BCUT2D eigenvalue weighted by molar-refractivity contribution is -0.126. The number of piperidine rings is 1. The Balaban J connectivity index is 1.35. The molecule has 2 aromatic carbocycles. The van der Waals surface area contributed by atoms with Crippen LogP contribution in [0.25, 0.3) is 0 Å². The van der Waals surface area contributed by atoms with Crippen molar-refractivity contribution in [2.45, 2.75) is 45.4 Å². The summed E-state index contributed by atoms with van der Waals surface area (Å²) in [6.07, 6.45) is 3.94. The van der Waals surface area contributed by atoms with Crippen LogP contribution in [-0.2, 0) is 14.8 Å². The van der Waals surface area contributed by atoms with Gasteiger partial charge in [0.1, 0.15) is 0 Å². The third-order valence-electron chi connectivity index (χ3n) is 6.84. The highest BCUT2D eigenvalue weighted by Gasteiger charge is 2.33. The molecule has 0 aliphatic carbocycles. The summed E-state index contributed by atoms with van der Waals surface area (Å²) in [4.78, 5) is 29.5. The van der Waals surface area contributed by atoms with Gasteiger partial charge in [0.05, 0.1) is 10.6 Å². The maximum absolute atomic E-state index is 13.3. The molecule has 0 saturated carbocycles. The standard InChI is InChI=1S/C29H33N5O4S/c1-19-16-20(2)27(21(3)17-19)39(37,38)34-14-10-24(11-15-34)29(36)33-32-22(4)25-6-5-7-26(18-25)31-28(35)23-8-12-30-13-9-23/h5-9,12-13,16-18,24H,10-11,14-15H2,1-4H3,(H,31,35)(H,33,36)/b32-22+. The number of benzene rings is 2. The Kier molecular flexibility index (Phi) is 8.57. The largest absolute Gasteiger partial charge is 0.322 e. The number of sulfonamides is 1. The summed E-state index contributed by atoms with van der Waals surface area (Å²) >= 11 is 0. The molecule has 2 N–H and O–H groups in total. The first kappa shape index (κ1) is 28.1. The molecule has 1 saturated heterocycles. The molecule has 10 heteroatoms. The number of aryl methyl sites for hydroxylation is 3. The second kappa shape index (κ2) is 11.9. The first-order valence-corrected chi connectivity index (χ1v) is 14.2. The molecule has 1 aliphatic rings. The van der Waals surface area contributed by atoms with E-state index in [0.717, 1.165) is 22.3 Å². The van der Waals surface area contributed by atoms with Crippen LogP contribution >= 0.6 is 0 Å². The minimum Gasteiger partial charge on any atom is -0.322 e. The second-order valence-electron chi connectivity index (χ2n) is 9.85. The highest BCUT2D eigenvalue weighted by atomic mass is 32.2. The molecule has 4 rings (SSSR count). The van der Waals surface area contributed by atoms with Gasteiger partial charge in [-0.05, 0) is 81.5 Å². The van der Waals surface area contributed by atoms with Gasteiger partial charge in [-0.3, -0.25) is 14.6 Å². The third kappa shape index (κ3) is 6.58. The van der Waals surface area contributed by atoms with Crippen molar-refractivity contribution in [3.8, 4) is 0 Å². The summed E-state index contributed by atoms with van der Waals surface area (Å²) in [7, 11) is -3.64. The van der Waals surface area contributed by atoms with Gasteiger partial charge in [-0.15, -0.1) is 0 Å². The number of nitrogens with one attached hydrogen (secondary N) is 2. The molecule has 204 valence electrons. The molecular weight excluding hydrogens is 514 g/mol. The van der Waals surface area contributed by atoms with E-state index in [0.29, 0.717) is 34.7 Å². The van der Waals surface area contributed by atoms with Crippen LogP contribution in [0.1, 0.15) is 52.4 Å². The zero-order chi connectivity index (χ0) is 28.2. The SMILES string of the molecule is C/C(=N\NC(=O)C1CCN(S(=O)(=O)c2c(C)cc(C)cc2C)CC1)c1cccc(NC(=O)c2ccncc2)c1. The van der Waals surface area contributed by atoms with Crippen molar-refractivity contribution in [2.24, 2.45) is 11.0 Å². The van der Waals surface area contributed by atoms with E-state index in [1.807, 2.05) is 39.0 Å². The van der Waals surface area contributed by atoms with Gasteiger partial charge in [-0.2, -0.15) is 9.41 Å². The van der Waals surface area contributed by atoms with Crippen LogP contribution in [0.3, 0.4) is 0 Å². The number of carbonyl (C=O) groups is 2. The van der Waals surface area contributed by atoms with E-state index in [4.69, 9.17) is 0 Å². The van der Waals surface area contributed by atoms with E-state index in [1.165, 1.54) is 4.31 Å². The Morgan fingerprint density at radius 1 is 0.949 bits per heavy atom. The van der Waals surface area contributed by atoms with E-state index < -0.39 is 10.0 Å². The molecule has 9 nitrogen and oxygen atoms in total. The Hall–Kier alpha value is -3.89. The van der Waals surface area contributed by atoms with Gasteiger partial charge in [-0.25, -0.2) is 13.8 Å². The van der Waals surface area contributed by atoms with E-state index in [2.05, 4.69) is 20.8 Å². The summed E-state index contributed by atoms with van der Waals surface area (Å²) in [5.41, 5.74) is 7.54. The summed E-state index contributed by atoms with van der Waals surface area (Å²) in [5.74, 6) is -0.825. The van der Waals surface area contributed by atoms with Crippen molar-refractivity contribution < 1.29 is 18.0 Å². The zero-order valence-corrected chi connectivity index (χ0v) is 23.4. The maximum atomic E-state index is 13.3. The van der Waals surface area contributed by atoms with E-state index in [-0.39, 0.29) is 30.8 Å². The van der Waals surface area contributed by atoms with E-state index in [1.54, 1.807) is 49.6 Å². The molecule has 1 aromatic heterocycles. The molecular formula is C29H33N5O4S. The molecule has 39 heavy (non-hydrogen) atoms. The van der Waals surface area contributed by atoms with Crippen LogP contribution in [0.5, 0.6) is 0 Å². The lowest BCUT2D eigenvalue weighted by Crippen LogP contribution is -2.42. The number of aromatic nitrogens is 1. The van der Waals surface area contributed by atoms with E-state index in [9.17, 15) is 18.0 Å². The topological polar surface area (TPSA) is 121 Å². The minimum atomic E-state index is -3.64. The van der Waals surface area contributed by atoms with Crippen molar-refractivity contribution in [2.75, 3.05) is 18.4 Å².